The maximum atomic E-state index is 13.1. The molecular formula is C28H31N3O5S. The van der Waals surface area contributed by atoms with Crippen molar-refractivity contribution in [2.45, 2.75) is 31.2 Å². The van der Waals surface area contributed by atoms with E-state index >= 15 is 0 Å². The van der Waals surface area contributed by atoms with Crippen LogP contribution in [0.3, 0.4) is 0 Å². The molecule has 0 unspecified atom stereocenters. The first-order valence-electron chi connectivity index (χ1n) is 12.5. The predicted molar refractivity (Wildman–Crippen MR) is 145 cm³/mol. The van der Waals surface area contributed by atoms with Gasteiger partial charge in [-0.05, 0) is 61.4 Å². The molecule has 8 nitrogen and oxygen atoms in total. The van der Waals surface area contributed by atoms with Crippen molar-refractivity contribution in [2.24, 2.45) is 0 Å². The molecule has 4 aromatic rings. The monoisotopic (exact) mass is 521 g/mol. The van der Waals surface area contributed by atoms with E-state index in [1.807, 2.05) is 30.3 Å². The predicted octanol–water partition coefficient (Wildman–Crippen LogP) is 4.42. The standard InChI is InChI=1S/C28H31N3O5S/c1-3-31-25-7-5-4-6-23(25)24-19-21(9-11-26(24)31)29-28(32)13-8-20-18-22(10-12-27(20)35-2)37(33,34)30-14-16-36-17-15-30/h4-7,9-12,18-19H,3,8,13-17H2,1-2H3,(H,29,32). The van der Waals surface area contributed by atoms with Crippen LogP contribution in [0.1, 0.15) is 18.9 Å². The molecule has 3 aromatic carbocycles. The third-order valence-corrected chi connectivity index (χ3v) is 8.75. The van der Waals surface area contributed by atoms with Gasteiger partial charge in [0.2, 0.25) is 15.9 Å². The fourth-order valence-electron chi connectivity index (χ4n) is 4.99. The molecule has 1 fully saturated rings. The van der Waals surface area contributed by atoms with Crippen molar-refractivity contribution in [3.05, 3.63) is 66.2 Å². The first-order valence-corrected chi connectivity index (χ1v) is 13.9. The van der Waals surface area contributed by atoms with Crippen LogP contribution < -0.4 is 10.1 Å². The molecule has 1 N–H and O–H groups in total. The van der Waals surface area contributed by atoms with Crippen molar-refractivity contribution >= 4 is 43.4 Å². The summed E-state index contributed by atoms with van der Waals surface area (Å²) >= 11 is 0. The molecule has 0 bridgehead atoms. The van der Waals surface area contributed by atoms with Crippen molar-refractivity contribution < 1.29 is 22.7 Å². The minimum absolute atomic E-state index is 0.151. The van der Waals surface area contributed by atoms with E-state index in [-0.39, 0.29) is 17.2 Å². The first kappa shape index (κ1) is 25.3. The molecule has 0 spiro atoms. The number of nitrogens with one attached hydrogen (secondary N) is 1. The Kier molecular flexibility index (Phi) is 7.19. The van der Waals surface area contributed by atoms with E-state index in [1.165, 1.54) is 16.9 Å². The van der Waals surface area contributed by atoms with E-state index in [4.69, 9.17) is 9.47 Å². The van der Waals surface area contributed by atoms with Gasteiger partial charge in [-0.1, -0.05) is 18.2 Å². The Balaban J connectivity index is 1.33. The van der Waals surface area contributed by atoms with E-state index in [1.54, 1.807) is 18.2 Å². The van der Waals surface area contributed by atoms with Crippen molar-refractivity contribution in [3.8, 4) is 5.75 Å². The molecule has 1 aliphatic rings. The number of nitrogens with zero attached hydrogens (tertiary/aromatic N) is 2. The second-order valence-corrected chi connectivity index (χ2v) is 11.0. The van der Waals surface area contributed by atoms with E-state index in [0.717, 1.165) is 28.5 Å². The zero-order valence-corrected chi connectivity index (χ0v) is 21.9. The molecule has 0 atom stereocenters. The summed E-state index contributed by atoms with van der Waals surface area (Å²) in [6.45, 7) is 4.40. The summed E-state index contributed by atoms with van der Waals surface area (Å²) in [5.74, 6) is 0.407. The lowest BCUT2D eigenvalue weighted by atomic mass is 10.1. The number of aromatic nitrogens is 1. The highest BCUT2D eigenvalue weighted by Gasteiger charge is 2.27. The number of morpholine rings is 1. The maximum Gasteiger partial charge on any atom is 0.243 e. The molecule has 0 saturated carbocycles. The molecule has 0 aliphatic carbocycles. The van der Waals surface area contributed by atoms with Crippen molar-refractivity contribution in [1.29, 1.82) is 0 Å². The van der Waals surface area contributed by atoms with Gasteiger partial charge in [-0.2, -0.15) is 4.31 Å². The zero-order chi connectivity index (χ0) is 26.0. The van der Waals surface area contributed by atoms with Gasteiger partial charge in [-0.15, -0.1) is 0 Å². The zero-order valence-electron chi connectivity index (χ0n) is 21.1. The van der Waals surface area contributed by atoms with Crippen molar-refractivity contribution in [2.75, 3.05) is 38.7 Å². The SMILES string of the molecule is CCn1c2ccccc2c2cc(NC(=O)CCc3cc(S(=O)(=O)N4CCOCC4)ccc3OC)ccc21. The largest absolute Gasteiger partial charge is 0.496 e. The van der Waals surface area contributed by atoms with E-state index in [9.17, 15) is 13.2 Å². The number of carbonyl (C=O) groups excluding carboxylic acids is 1. The van der Waals surface area contributed by atoms with Crippen LogP contribution in [0.4, 0.5) is 5.69 Å². The smallest absolute Gasteiger partial charge is 0.243 e. The number of ether oxygens (including phenoxy) is 2. The molecule has 0 radical (unpaired) electrons. The van der Waals surface area contributed by atoms with Crippen LogP contribution in [0.5, 0.6) is 5.75 Å². The number of anilines is 1. The minimum atomic E-state index is -3.64. The minimum Gasteiger partial charge on any atom is -0.496 e. The van der Waals surface area contributed by atoms with Gasteiger partial charge in [-0.25, -0.2) is 8.42 Å². The summed E-state index contributed by atoms with van der Waals surface area (Å²) in [5.41, 5.74) is 3.70. The Labute approximate surface area is 216 Å². The number of para-hydroxylation sites is 1. The lowest BCUT2D eigenvalue weighted by molar-refractivity contribution is -0.116. The Morgan fingerprint density at radius 1 is 1.00 bits per heavy atom. The molecule has 1 aromatic heterocycles. The van der Waals surface area contributed by atoms with Crippen LogP contribution in [0.2, 0.25) is 0 Å². The third-order valence-electron chi connectivity index (χ3n) is 6.85. The molecule has 2 heterocycles. The average Bonchev–Trinajstić information content (AvgIpc) is 3.25. The lowest BCUT2D eigenvalue weighted by Crippen LogP contribution is -2.40. The topological polar surface area (TPSA) is 89.9 Å². The van der Waals surface area contributed by atoms with Gasteiger partial charge in [0.05, 0.1) is 25.2 Å². The van der Waals surface area contributed by atoms with Gasteiger partial charge in [0.25, 0.3) is 0 Å². The highest BCUT2D eigenvalue weighted by Crippen LogP contribution is 2.31. The lowest BCUT2D eigenvalue weighted by Gasteiger charge is -2.26. The van der Waals surface area contributed by atoms with Gasteiger partial charge >= 0.3 is 0 Å². The second-order valence-electron chi connectivity index (χ2n) is 9.03. The number of benzene rings is 3. The molecule has 194 valence electrons. The maximum absolute atomic E-state index is 13.1. The molecule has 1 saturated heterocycles. The van der Waals surface area contributed by atoms with Gasteiger partial charge < -0.3 is 19.4 Å². The number of carbonyl (C=O) groups is 1. The van der Waals surface area contributed by atoms with E-state index < -0.39 is 10.0 Å². The van der Waals surface area contributed by atoms with E-state index in [2.05, 4.69) is 28.9 Å². The fourth-order valence-corrected chi connectivity index (χ4v) is 6.45. The summed E-state index contributed by atoms with van der Waals surface area (Å²) in [6.07, 6.45) is 0.533. The summed E-state index contributed by atoms with van der Waals surface area (Å²) in [7, 11) is -2.10. The van der Waals surface area contributed by atoms with E-state index in [0.29, 0.717) is 44.0 Å². The Morgan fingerprint density at radius 3 is 2.51 bits per heavy atom. The number of rotatable bonds is 8. The molecular weight excluding hydrogens is 490 g/mol. The molecule has 1 amide bonds. The average molecular weight is 522 g/mol. The van der Waals surface area contributed by atoms with Gasteiger partial charge in [0.1, 0.15) is 5.75 Å². The first-order chi connectivity index (χ1) is 17.9. The highest BCUT2D eigenvalue weighted by atomic mass is 32.2. The molecule has 9 heteroatoms. The van der Waals surface area contributed by atoms with Crippen LogP contribution >= 0.6 is 0 Å². The number of hydrogen-bond acceptors (Lipinski definition) is 5. The molecule has 37 heavy (non-hydrogen) atoms. The van der Waals surface area contributed by atoms with Crippen LogP contribution in [-0.2, 0) is 32.5 Å². The Hall–Kier alpha value is -3.40. The van der Waals surface area contributed by atoms with Crippen LogP contribution in [-0.4, -0.2) is 56.6 Å². The number of hydrogen-bond donors (Lipinski definition) is 1. The number of aryl methyl sites for hydroxylation is 2. The Morgan fingerprint density at radius 2 is 1.76 bits per heavy atom. The van der Waals surface area contributed by atoms with Gasteiger partial charge in [-0.3, -0.25) is 4.79 Å². The second kappa shape index (κ2) is 10.5. The van der Waals surface area contributed by atoms with Crippen molar-refractivity contribution in [1.82, 2.24) is 8.87 Å². The Bertz CT molecular complexity index is 1560. The number of sulfonamides is 1. The van der Waals surface area contributed by atoms with Crippen LogP contribution in [0.25, 0.3) is 21.8 Å². The summed E-state index contributed by atoms with van der Waals surface area (Å²) in [4.78, 5) is 13.1. The summed E-state index contributed by atoms with van der Waals surface area (Å²) < 4.78 is 40.6. The summed E-state index contributed by atoms with van der Waals surface area (Å²) in [6, 6.07) is 19.0. The number of methoxy groups -OCH3 is 1. The molecule has 5 rings (SSSR count). The van der Waals surface area contributed by atoms with Crippen LogP contribution in [0, 0.1) is 0 Å². The number of fused-ring (bicyclic) bond motifs is 3. The quantitative estimate of drug-likeness (QED) is 0.371. The molecule has 1 aliphatic heterocycles. The van der Waals surface area contributed by atoms with Gasteiger partial charge in [0.15, 0.2) is 0 Å². The normalized spacial score (nSPS) is 14.8. The van der Waals surface area contributed by atoms with Gasteiger partial charge in [0, 0.05) is 53.5 Å². The third kappa shape index (κ3) is 4.94. The van der Waals surface area contributed by atoms with Crippen molar-refractivity contribution in [3.63, 3.8) is 0 Å². The fraction of sp³-hybridized carbons (Fsp3) is 0.321. The summed E-state index contributed by atoms with van der Waals surface area (Å²) in [5, 5.41) is 5.25. The van der Waals surface area contributed by atoms with Crippen LogP contribution in [0.15, 0.2) is 65.6 Å². The highest BCUT2D eigenvalue weighted by molar-refractivity contribution is 7.89. The number of amides is 1.